The van der Waals surface area contributed by atoms with Crippen molar-refractivity contribution in [1.82, 2.24) is 14.9 Å². The molecule has 1 unspecified atom stereocenters. The maximum Gasteiger partial charge on any atom is 0.225 e. The molecular formula is C17H11Cl2N5OS. The second-order valence-electron chi connectivity index (χ2n) is 5.41. The Morgan fingerprint density at radius 3 is 2.08 bits per heavy atom. The van der Waals surface area contributed by atoms with Crippen molar-refractivity contribution >= 4 is 46.4 Å². The van der Waals surface area contributed by atoms with Crippen molar-refractivity contribution in [1.29, 1.82) is 0 Å². The Morgan fingerprint density at radius 2 is 1.46 bits per heavy atom. The standard InChI is InChI=1S/C17H11Cl2N5OS/c18-13-5-1-11(2-6-13)15-22-17(26)24(23-9-20-21-10-23)16(25-15)12-3-7-14(19)8-4-12/h1-10,16H. The van der Waals surface area contributed by atoms with Crippen LogP contribution in [0.2, 0.25) is 10.0 Å². The van der Waals surface area contributed by atoms with Crippen molar-refractivity contribution in [3.63, 3.8) is 0 Å². The lowest BCUT2D eigenvalue weighted by Crippen LogP contribution is -2.46. The quantitative estimate of drug-likeness (QED) is 0.618. The highest BCUT2D eigenvalue weighted by Gasteiger charge is 2.32. The highest BCUT2D eigenvalue weighted by atomic mass is 35.5. The van der Waals surface area contributed by atoms with E-state index in [0.29, 0.717) is 21.1 Å². The van der Waals surface area contributed by atoms with Crippen LogP contribution in [0.25, 0.3) is 0 Å². The Balaban J connectivity index is 1.77. The zero-order valence-electron chi connectivity index (χ0n) is 13.2. The number of benzene rings is 2. The molecule has 26 heavy (non-hydrogen) atoms. The van der Waals surface area contributed by atoms with Crippen LogP contribution in [0.3, 0.4) is 0 Å². The number of thiocarbonyl (C=S) groups is 1. The Labute approximate surface area is 164 Å². The van der Waals surface area contributed by atoms with Gasteiger partial charge in [0.1, 0.15) is 12.7 Å². The number of aliphatic imine (C=N–C) groups is 1. The molecule has 3 aromatic rings. The zero-order chi connectivity index (χ0) is 18.1. The molecule has 1 atom stereocenters. The molecule has 1 aliphatic rings. The third-order valence-corrected chi connectivity index (χ3v) is 4.52. The normalized spacial score (nSPS) is 17.0. The van der Waals surface area contributed by atoms with Gasteiger partial charge < -0.3 is 4.74 Å². The summed E-state index contributed by atoms with van der Waals surface area (Å²) in [5.41, 5.74) is 1.63. The van der Waals surface area contributed by atoms with Gasteiger partial charge in [0.25, 0.3) is 0 Å². The van der Waals surface area contributed by atoms with Crippen LogP contribution in [0.4, 0.5) is 0 Å². The van der Waals surface area contributed by atoms with E-state index in [0.717, 1.165) is 11.1 Å². The summed E-state index contributed by atoms with van der Waals surface area (Å²) in [7, 11) is 0. The van der Waals surface area contributed by atoms with E-state index in [1.807, 2.05) is 24.3 Å². The van der Waals surface area contributed by atoms with E-state index in [9.17, 15) is 0 Å². The van der Waals surface area contributed by atoms with Crippen LogP contribution in [0, 0.1) is 0 Å². The van der Waals surface area contributed by atoms with Crippen LogP contribution in [0.15, 0.2) is 66.2 Å². The molecule has 1 aromatic heterocycles. The van der Waals surface area contributed by atoms with Crippen molar-refractivity contribution < 1.29 is 4.74 Å². The molecule has 0 spiro atoms. The Kier molecular flexibility index (Phi) is 4.58. The molecule has 130 valence electrons. The lowest BCUT2D eigenvalue weighted by atomic mass is 10.1. The van der Waals surface area contributed by atoms with Gasteiger partial charge in [-0.1, -0.05) is 35.3 Å². The number of hydrogen-bond donors (Lipinski definition) is 0. The Hall–Kier alpha value is -2.48. The first-order chi connectivity index (χ1) is 12.6. The summed E-state index contributed by atoms with van der Waals surface area (Å²) in [6, 6.07) is 14.5. The monoisotopic (exact) mass is 403 g/mol. The lowest BCUT2D eigenvalue weighted by Gasteiger charge is -2.35. The topological polar surface area (TPSA) is 55.5 Å². The second-order valence-corrected chi connectivity index (χ2v) is 6.65. The van der Waals surface area contributed by atoms with Crippen LogP contribution < -0.4 is 5.01 Å². The largest absolute Gasteiger partial charge is 0.447 e. The summed E-state index contributed by atoms with van der Waals surface area (Å²) < 4.78 is 7.80. The van der Waals surface area contributed by atoms with Crippen molar-refractivity contribution in [3.8, 4) is 0 Å². The molecular weight excluding hydrogens is 393 g/mol. The Bertz CT molecular complexity index is 958. The smallest absolute Gasteiger partial charge is 0.225 e. The zero-order valence-corrected chi connectivity index (χ0v) is 15.5. The maximum atomic E-state index is 6.17. The second kappa shape index (κ2) is 7.03. The molecule has 0 saturated carbocycles. The minimum Gasteiger partial charge on any atom is -0.447 e. The third-order valence-electron chi connectivity index (χ3n) is 3.74. The molecule has 0 amide bonds. The summed E-state index contributed by atoms with van der Waals surface area (Å²) in [6.45, 7) is 0. The van der Waals surface area contributed by atoms with Crippen molar-refractivity contribution in [2.24, 2.45) is 4.99 Å². The molecule has 6 nitrogen and oxygen atoms in total. The first-order valence-electron chi connectivity index (χ1n) is 7.57. The van der Waals surface area contributed by atoms with E-state index >= 15 is 0 Å². The van der Waals surface area contributed by atoms with Gasteiger partial charge in [0.05, 0.1) is 0 Å². The third kappa shape index (κ3) is 3.29. The molecule has 0 N–H and O–H groups in total. The van der Waals surface area contributed by atoms with Gasteiger partial charge in [0.2, 0.25) is 17.2 Å². The molecule has 2 aromatic carbocycles. The average molecular weight is 404 g/mol. The van der Waals surface area contributed by atoms with Gasteiger partial charge in [0, 0.05) is 21.2 Å². The molecule has 2 heterocycles. The van der Waals surface area contributed by atoms with Gasteiger partial charge in [-0.25, -0.2) is 9.69 Å². The van der Waals surface area contributed by atoms with Crippen LogP contribution >= 0.6 is 35.4 Å². The molecule has 4 rings (SSSR count). The van der Waals surface area contributed by atoms with Gasteiger partial charge in [0.15, 0.2) is 0 Å². The SMILES string of the molecule is S=C1N=C(c2ccc(Cl)cc2)OC(c2ccc(Cl)cc2)N1n1cnnc1. The number of nitrogens with zero attached hydrogens (tertiary/aromatic N) is 5. The van der Waals surface area contributed by atoms with Gasteiger partial charge in [-0.3, -0.25) is 0 Å². The first kappa shape index (κ1) is 17.0. The molecule has 0 fully saturated rings. The number of ether oxygens (including phenoxy) is 1. The lowest BCUT2D eigenvalue weighted by molar-refractivity contribution is 0.172. The van der Waals surface area contributed by atoms with Crippen LogP contribution in [0.1, 0.15) is 17.4 Å². The van der Waals surface area contributed by atoms with Gasteiger partial charge in [-0.05, 0) is 48.6 Å². The number of hydrogen-bond acceptors (Lipinski definition) is 4. The minimum absolute atomic E-state index is 0.320. The van der Waals surface area contributed by atoms with E-state index in [4.69, 9.17) is 40.2 Å². The molecule has 0 aliphatic carbocycles. The highest BCUT2D eigenvalue weighted by molar-refractivity contribution is 7.80. The Morgan fingerprint density at radius 1 is 0.885 bits per heavy atom. The van der Waals surface area contributed by atoms with E-state index in [-0.39, 0.29) is 0 Å². The first-order valence-corrected chi connectivity index (χ1v) is 8.73. The van der Waals surface area contributed by atoms with Crippen molar-refractivity contribution in [2.45, 2.75) is 6.23 Å². The molecule has 1 aliphatic heterocycles. The average Bonchev–Trinajstić information content (AvgIpc) is 3.16. The summed E-state index contributed by atoms with van der Waals surface area (Å²) in [4.78, 5) is 4.42. The van der Waals surface area contributed by atoms with Gasteiger partial charge in [-0.2, -0.15) is 4.99 Å². The van der Waals surface area contributed by atoms with Gasteiger partial charge >= 0.3 is 0 Å². The fourth-order valence-electron chi connectivity index (χ4n) is 2.51. The summed E-state index contributed by atoms with van der Waals surface area (Å²) in [6.07, 6.45) is 2.50. The van der Waals surface area contributed by atoms with Crippen LogP contribution in [0.5, 0.6) is 0 Å². The van der Waals surface area contributed by atoms with E-state index in [1.54, 1.807) is 34.0 Å². The maximum absolute atomic E-state index is 6.17. The van der Waals surface area contributed by atoms with E-state index in [2.05, 4.69) is 15.2 Å². The predicted octanol–water partition coefficient (Wildman–Crippen LogP) is 3.98. The molecule has 0 radical (unpaired) electrons. The summed E-state index contributed by atoms with van der Waals surface area (Å²) in [5.74, 6) is 0.413. The van der Waals surface area contributed by atoms with Crippen molar-refractivity contribution in [3.05, 3.63) is 82.4 Å². The van der Waals surface area contributed by atoms with E-state index in [1.165, 1.54) is 12.7 Å². The van der Waals surface area contributed by atoms with Crippen LogP contribution in [-0.4, -0.2) is 25.9 Å². The molecule has 9 heteroatoms. The predicted molar refractivity (Wildman–Crippen MR) is 104 cm³/mol. The van der Waals surface area contributed by atoms with Gasteiger partial charge in [-0.15, -0.1) is 10.2 Å². The number of halogens is 2. The van der Waals surface area contributed by atoms with Crippen LogP contribution in [-0.2, 0) is 4.74 Å². The molecule has 0 saturated heterocycles. The summed E-state index contributed by atoms with van der Waals surface area (Å²) >= 11 is 17.5. The fraction of sp³-hybridized carbons (Fsp3) is 0.0588. The van der Waals surface area contributed by atoms with Crippen molar-refractivity contribution in [2.75, 3.05) is 5.01 Å². The summed E-state index contributed by atoms with van der Waals surface area (Å²) in [5, 5.41) is 10.9. The fourth-order valence-corrected chi connectivity index (χ4v) is 3.03. The number of rotatable bonds is 3. The minimum atomic E-state index is -0.557. The molecule has 0 bridgehead atoms. The van der Waals surface area contributed by atoms with E-state index < -0.39 is 6.23 Å². The number of aromatic nitrogens is 3. The highest BCUT2D eigenvalue weighted by Crippen LogP contribution is 2.28.